The van der Waals surface area contributed by atoms with E-state index in [9.17, 15) is 13.2 Å². The van der Waals surface area contributed by atoms with Crippen molar-refractivity contribution in [2.24, 2.45) is 5.92 Å². The SMILES string of the molecule is CNS(=O)(=O)c1ccc(C(=O)NC(c2ccc(Cl)cc2)C(C)C)cc1. The Morgan fingerprint density at radius 2 is 1.56 bits per heavy atom. The maximum atomic E-state index is 12.5. The molecule has 0 saturated carbocycles. The summed E-state index contributed by atoms with van der Waals surface area (Å²) < 4.78 is 25.7. The van der Waals surface area contributed by atoms with Gasteiger partial charge in [-0.15, -0.1) is 0 Å². The molecule has 0 bridgehead atoms. The maximum absolute atomic E-state index is 12.5. The molecule has 0 fully saturated rings. The van der Waals surface area contributed by atoms with E-state index in [0.29, 0.717) is 10.6 Å². The summed E-state index contributed by atoms with van der Waals surface area (Å²) in [5.74, 6) is -0.0869. The molecule has 7 heteroatoms. The van der Waals surface area contributed by atoms with Gasteiger partial charge in [-0.25, -0.2) is 13.1 Å². The molecule has 0 aliphatic heterocycles. The largest absolute Gasteiger partial charge is 0.345 e. The average Bonchev–Trinajstić information content (AvgIpc) is 2.60. The predicted octanol–water partition coefficient (Wildman–Crippen LogP) is 3.38. The van der Waals surface area contributed by atoms with Crippen LogP contribution in [0.1, 0.15) is 35.8 Å². The first-order valence-electron chi connectivity index (χ1n) is 7.84. The number of benzene rings is 2. The van der Waals surface area contributed by atoms with Crippen LogP contribution in [0.3, 0.4) is 0 Å². The first-order chi connectivity index (χ1) is 11.7. The Balaban J connectivity index is 2.20. The predicted molar refractivity (Wildman–Crippen MR) is 99.2 cm³/mol. The summed E-state index contributed by atoms with van der Waals surface area (Å²) in [7, 11) is -2.18. The Labute approximate surface area is 153 Å². The third kappa shape index (κ3) is 4.81. The van der Waals surface area contributed by atoms with Gasteiger partial charge in [-0.05, 0) is 54.9 Å². The van der Waals surface area contributed by atoms with Crippen molar-refractivity contribution in [3.05, 3.63) is 64.7 Å². The van der Waals surface area contributed by atoms with Crippen LogP contribution in [0.4, 0.5) is 0 Å². The molecule has 1 unspecified atom stereocenters. The molecular formula is C18H21ClN2O3S. The smallest absolute Gasteiger partial charge is 0.251 e. The molecule has 2 N–H and O–H groups in total. The standard InChI is InChI=1S/C18H21ClN2O3S/c1-12(2)17(13-4-8-15(19)9-5-13)21-18(22)14-6-10-16(11-7-14)25(23,24)20-3/h4-12,17,20H,1-3H3,(H,21,22). The van der Waals surface area contributed by atoms with Crippen LogP contribution in [0.15, 0.2) is 53.4 Å². The number of rotatable bonds is 6. The minimum Gasteiger partial charge on any atom is -0.345 e. The van der Waals surface area contributed by atoms with Gasteiger partial charge in [-0.3, -0.25) is 4.79 Å². The highest BCUT2D eigenvalue weighted by Crippen LogP contribution is 2.24. The molecule has 2 aromatic rings. The second-order valence-electron chi connectivity index (χ2n) is 5.98. The highest BCUT2D eigenvalue weighted by molar-refractivity contribution is 7.89. The maximum Gasteiger partial charge on any atom is 0.251 e. The van der Waals surface area contributed by atoms with E-state index in [-0.39, 0.29) is 22.8 Å². The lowest BCUT2D eigenvalue weighted by molar-refractivity contribution is 0.0925. The van der Waals surface area contributed by atoms with Crippen LogP contribution in [-0.4, -0.2) is 21.4 Å². The number of nitrogens with one attached hydrogen (secondary N) is 2. The minimum absolute atomic E-state index is 0.115. The molecule has 25 heavy (non-hydrogen) atoms. The third-order valence-corrected chi connectivity index (χ3v) is 5.56. The van der Waals surface area contributed by atoms with E-state index in [1.54, 1.807) is 12.1 Å². The summed E-state index contributed by atoms with van der Waals surface area (Å²) >= 11 is 5.92. The fourth-order valence-corrected chi connectivity index (χ4v) is 3.29. The molecule has 1 atom stereocenters. The lowest BCUT2D eigenvalue weighted by atomic mass is 9.95. The van der Waals surface area contributed by atoms with Crippen LogP contribution in [-0.2, 0) is 10.0 Å². The second-order valence-corrected chi connectivity index (χ2v) is 8.30. The van der Waals surface area contributed by atoms with E-state index in [0.717, 1.165) is 5.56 Å². The van der Waals surface area contributed by atoms with Gasteiger partial charge in [-0.2, -0.15) is 0 Å². The molecule has 1 amide bonds. The lowest BCUT2D eigenvalue weighted by Gasteiger charge is -2.23. The fourth-order valence-electron chi connectivity index (χ4n) is 2.43. The molecule has 0 aromatic heterocycles. The van der Waals surface area contributed by atoms with E-state index in [4.69, 9.17) is 11.6 Å². The highest BCUT2D eigenvalue weighted by Gasteiger charge is 2.20. The average molecular weight is 381 g/mol. The quantitative estimate of drug-likeness (QED) is 0.806. The Morgan fingerprint density at radius 1 is 1.00 bits per heavy atom. The topological polar surface area (TPSA) is 75.3 Å². The van der Waals surface area contributed by atoms with Crippen molar-refractivity contribution in [2.45, 2.75) is 24.8 Å². The summed E-state index contributed by atoms with van der Waals surface area (Å²) in [6.45, 7) is 4.03. The van der Waals surface area contributed by atoms with Crippen LogP contribution in [0.5, 0.6) is 0 Å². The van der Waals surface area contributed by atoms with Crippen LogP contribution in [0.2, 0.25) is 5.02 Å². The van der Waals surface area contributed by atoms with E-state index in [2.05, 4.69) is 10.0 Å². The summed E-state index contributed by atoms with van der Waals surface area (Å²) in [5.41, 5.74) is 1.36. The van der Waals surface area contributed by atoms with Gasteiger partial charge >= 0.3 is 0 Å². The third-order valence-electron chi connectivity index (χ3n) is 3.88. The Morgan fingerprint density at radius 3 is 2.04 bits per heavy atom. The van der Waals surface area contributed by atoms with Crippen molar-refractivity contribution in [3.8, 4) is 0 Å². The van der Waals surface area contributed by atoms with Gasteiger partial charge in [0.2, 0.25) is 10.0 Å². The molecule has 0 heterocycles. The number of hydrogen-bond donors (Lipinski definition) is 2. The van der Waals surface area contributed by atoms with Crippen molar-refractivity contribution in [1.29, 1.82) is 0 Å². The van der Waals surface area contributed by atoms with Crippen LogP contribution in [0.25, 0.3) is 0 Å². The number of carbonyl (C=O) groups excluding carboxylic acids is 1. The summed E-state index contributed by atoms with van der Waals surface area (Å²) in [6, 6.07) is 13.0. The number of amides is 1. The normalized spacial score (nSPS) is 12.8. The number of hydrogen-bond acceptors (Lipinski definition) is 3. The molecule has 134 valence electrons. The van der Waals surface area contributed by atoms with Crippen LogP contribution < -0.4 is 10.0 Å². The Hall–Kier alpha value is -1.89. The summed E-state index contributed by atoms with van der Waals surface area (Å²) in [6.07, 6.45) is 0. The van der Waals surface area contributed by atoms with Gasteiger partial charge in [0.25, 0.3) is 5.91 Å². The van der Waals surface area contributed by atoms with Crippen molar-refractivity contribution < 1.29 is 13.2 Å². The molecule has 2 aromatic carbocycles. The molecule has 0 spiro atoms. The van der Waals surface area contributed by atoms with Gasteiger partial charge in [0, 0.05) is 10.6 Å². The zero-order chi connectivity index (χ0) is 18.6. The van der Waals surface area contributed by atoms with E-state index >= 15 is 0 Å². The van der Waals surface area contributed by atoms with Crippen molar-refractivity contribution in [3.63, 3.8) is 0 Å². The molecular weight excluding hydrogens is 360 g/mol. The fraction of sp³-hybridized carbons (Fsp3) is 0.278. The molecule has 0 aliphatic carbocycles. The number of carbonyl (C=O) groups is 1. The van der Waals surface area contributed by atoms with Gasteiger partial charge in [-0.1, -0.05) is 37.6 Å². The summed E-state index contributed by atoms with van der Waals surface area (Å²) in [4.78, 5) is 12.6. The monoisotopic (exact) mass is 380 g/mol. The highest BCUT2D eigenvalue weighted by atomic mass is 35.5. The second kappa shape index (κ2) is 7.99. The van der Waals surface area contributed by atoms with E-state index in [1.165, 1.54) is 31.3 Å². The zero-order valence-corrected chi connectivity index (χ0v) is 15.9. The van der Waals surface area contributed by atoms with E-state index < -0.39 is 10.0 Å². The molecule has 2 rings (SSSR count). The number of halogens is 1. The first kappa shape index (κ1) is 19.4. The van der Waals surface area contributed by atoms with Crippen molar-refractivity contribution in [2.75, 3.05) is 7.05 Å². The number of sulfonamides is 1. The molecule has 0 radical (unpaired) electrons. The van der Waals surface area contributed by atoms with Gasteiger partial charge in [0.05, 0.1) is 10.9 Å². The summed E-state index contributed by atoms with van der Waals surface area (Å²) in [5, 5.41) is 3.63. The molecule has 5 nitrogen and oxygen atoms in total. The molecule has 0 aliphatic rings. The Kier molecular flexibility index (Phi) is 6.21. The van der Waals surface area contributed by atoms with E-state index in [1.807, 2.05) is 26.0 Å². The van der Waals surface area contributed by atoms with Crippen LogP contribution in [0, 0.1) is 5.92 Å². The first-order valence-corrected chi connectivity index (χ1v) is 9.70. The van der Waals surface area contributed by atoms with Crippen molar-refractivity contribution in [1.82, 2.24) is 10.0 Å². The van der Waals surface area contributed by atoms with Gasteiger partial charge in [0.15, 0.2) is 0 Å². The van der Waals surface area contributed by atoms with Crippen molar-refractivity contribution >= 4 is 27.5 Å². The zero-order valence-electron chi connectivity index (χ0n) is 14.3. The van der Waals surface area contributed by atoms with Gasteiger partial charge < -0.3 is 5.32 Å². The lowest BCUT2D eigenvalue weighted by Crippen LogP contribution is -2.31. The minimum atomic E-state index is -3.52. The molecule has 0 saturated heterocycles. The van der Waals surface area contributed by atoms with Crippen LogP contribution >= 0.6 is 11.6 Å². The van der Waals surface area contributed by atoms with Gasteiger partial charge in [0.1, 0.15) is 0 Å². The Bertz CT molecular complexity index is 832.